The van der Waals surface area contributed by atoms with Crippen molar-refractivity contribution in [1.29, 1.82) is 0 Å². The van der Waals surface area contributed by atoms with Crippen LogP contribution in [0.4, 0.5) is 0 Å². The van der Waals surface area contributed by atoms with Gasteiger partial charge in [-0.1, -0.05) is 35.3 Å². The highest BCUT2D eigenvalue weighted by Crippen LogP contribution is 2.25. The first-order valence-electron chi connectivity index (χ1n) is 6.20. The van der Waals surface area contributed by atoms with Crippen molar-refractivity contribution in [3.63, 3.8) is 0 Å². The summed E-state index contributed by atoms with van der Waals surface area (Å²) < 4.78 is 0. The lowest BCUT2D eigenvalue weighted by Gasteiger charge is -2.11. The molecule has 0 aromatic heterocycles. The van der Waals surface area contributed by atoms with Crippen molar-refractivity contribution in [2.75, 3.05) is 13.1 Å². The molecule has 0 unspecified atom stereocenters. The number of carbonyl (C=O) groups excluding carboxylic acids is 1. The Kier molecular flexibility index (Phi) is 5.05. The van der Waals surface area contributed by atoms with Crippen molar-refractivity contribution in [1.82, 2.24) is 10.6 Å². The number of amides is 1. The molecule has 0 aliphatic carbocycles. The van der Waals surface area contributed by atoms with Gasteiger partial charge in [0, 0.05) is 13.1 Å². The summed E-state index contributed by atoms with van der Waals surface area (Å²) in [5, 5.41) is 16.2. The van der Waals surface area contributed by atoms with E-state index in [2.05, 4.69) is 10.6 Å². The number of hydrogen-bond donors (Lipinski definition) is 3. The third-order valence-corrected chi connectivity index (χ3v) is 4.01. The number of aliphatic hydroxyl groups is 1. The minimum Gasteiger partial charge on any atom is -0.392 e. The standard InChI is InChI=1S/C13H16Cl2N2O2/c14-10-3-1-2-8(12(10)15)4-5-16-13(19)11-6-9(18)7-17-11/h1-3,9,11,17-18H,4-7H2,(H,16,19)/t9-,11-/m0/s1. The summed E-state index contributed by atoms with van der Waals surface area (Å²) in [5.74, 6) is -0.0882. The Labute approximate surface area is 122 Å². The van der Waals surface area contributed by atoms with Crippen molar-refractivity contribution in [3.05, 3.63) is 33.8 Å². The van der Waals surface area contributed by atoms with Gasteiger partial charge in [-0.15, -0.1) is 0 Å². The monoisotopic (exact) mass is 302 g/mol. The lowest BCUT2D eigenvalue weighted by molar-refractivity contribution is -0.122. The van der Waals surface area contributed by atoms with Gasteiger partial charge in [0.05, 0.1) is 22.2 Å². The molecular weight excluding hydrogens is 287 g/mol. The third-order valence-electron chi connectivity index (χ3n) is 3.15. The topological polar surface area (TPSA) is 61.4 Å². The molecule has 3 N–H and O–H groups in total. The molecule has 1 saturated heterocycles. The number of hydrogen-bond acceptors (Lipinski definition) is 3. The Morgan fingerprint density at radius 3 is 2.95 bits per heavy atom. The molecule has 1 aromatic carbocycles. The van der Waals surface area contributed by atoms with Crippen LogP contribution in [0.25, 0.3) is 0 Å². The summed E-state index contributed by atoms with van der Waals surface area (Å²) in [6.07, 6.45) is 0.655. The van der Waals surface area contributed by atoms with Crippen LogP contribution < -0.4 is 10.6 Å². The summed E-state index contributed by atoms with van der Waals surface area (Å²) in [6.45, 7) is 0.964. The van der Waals surface area contributed by atoms with E-state index >= 15 is 0 Å². The zero-order valence-corrected chi connectivity index (χ0v) is 11.8. The molecule has 2 rings (SSSR count). The average molecular weight is 303 g/mol. The van der Waals surface area contributed by atoms with Gasteiger partial charge in [-0.05, 0) is 24.5 Å². The Morgan fingerprint density at radius 1 is 1.47 bits per heavy atom. The summed E-state index contributed by atoms with van der Waals surface area (Å²) in [5.41, 5.74) is 0.911. The maximum absolute atomic E-state index is 11.8. The predicted octanol–water partition coefficient (Wildman–Crippen LogP) is 1.37. The molecule has 0 spiro atoms. The first kappa shape index (κ1) is 14.6. The number of rotatable bonds is 4. The Bertz CT molecular complexity index is 468. The van der Waals surface area contributed by atoms with E-state index in [0.717, 1.165) is 5.56 Å². The molecule has 0 saturated carbocycles. The molecule has 1 heterocycles. The average Bonchev–Trinajstić information content (AvgIpc) is 2.81. The number of nitrogens with one attached hydrogen (secondary N) is 2. The SMILES string of the molecule is O=C(NCCc1cccc(Cl)c1Cl)[C@@H]1C[C@H](O)CN1. The van der Waals surface area contributed by atoms with Crippen LogP contribution in [0.1, 0.15) is 12.0 Å². The molecular formula is C13H16Cl2N2O2. The van der Waals surface area contributed by atoms with Gasteiger partial charge < -0.3 is 15.7 Å². The van der Waals surface area contributed by atoms with Crippen LogP contribution in [0.3, 0.4) is 0 Å². The lowest BCUT2D eigenvalue weighted by Crippen LogP contribution is -2.41. The van der Waals surface area contributed by atoms with Gasteiger partial charge in [-0.3, -0.25) is 4.79 Å². The first-order chi connectivity index (χ1) is 9.08. The molecule has 1 fully saturated rings. The van der Waals surface area contributed by atoms with Gasteiger partial charge in [0.15, 0.2) is 0 Å². The Balaban J connectivity index is 1.80. The van der Waals surface area contributed by atoms with Crippen LogP contribution in [-0.4, -0.2) is 36.2 Å². The molecule has 1 amide bonds. The minimum atomic E-state index is -0.432. The summed E-state index contributed by atoms with van der Waals surface area (Å²) in [6, 6.07) is 5.15. The molecule has 4 nitrogen and oxygen atoms in total. The van der Waals surface area contributed by atoms with Crippen LogP contribution >= 0.6 is 23.2 Å². The van der Waals surface area contributed by atoms with Crippen molar-refractivity contribution >= 4 is 29.1 Å². The van der Waals surface area contributed by atoms with Gasteiger partial charge in [0.25, 0.3) is 0 Å². The van der Waals surface area contributed by atoms with Crippen molar-refractivity contribution in [2.45, 2.75) is 25.0 Å². The maximum Gasteiger partial charge on any atom is 0.237 e. The zero-order chi connectivity index (χ0) is 13.8. The molecule has 1 aliphatic rings. The highest BCUT2D eigenvalue weighted by Gasteiger charge is 2.27. The second-order valence-corrected chi connectivity index (χ2v) is 5.39. The molecule has 104 valence electrons. The molecule has 19 heavy (non-hydrogen) atoms. The number of halogens is 2. The molecule has 0 bridgehead atoms. The van der Waals surface area contributed by atoms with Crippen LogP contribution in [0.15, 0.2) is 18.2 Å². The molecule has 1 aromatic rings. The van der Waals surface area contributed by atoms with E-state index in [1.54, 1.807) is 6.07 Å². The van der Waals surface area contributed by atoms with E-state index in [-0.39, 0.29) is 11.9 Å². The maximum atomic E-state index is 11.8. The van der Waals surface area contributed by atoms with E-state index in [1.165, 1.54) is 0 Å². The number of aliphatic hydroxyl groups excluding tert-OH is 1. The zero-order valence-electron chi connectivity index (χ0n) is 10.3. The highest BCUT2D eigenvalue weighted by molar-refractivity contribution is 6.42. The summed E-state index contributed by atoms with van der Waals surface area (Å²) >= 11 is 12.0. The van der Waals surface area contributed by atoms with Crippen LogP contribution in [0.5, 0.6) is 0 Å². The van der Waals surface area contributed by atoms with Crippen LogP contribution in [0.2, 0.25) is 10.0 Å². The smallest absolute Gasteiger partial charge is 0.237 e. The molecule has 1 aliphatic heterocycles. The van der Waals surface area contributed by atoms with Gasteiger partial charge in [0.1, 0.15) is 0 Å². The first-order valence-corrected chi connectivity index (χ1v) is 6.95. The van der Waals surface area contributed by atoms with Gasteiger partial charge in [-0.2, -0.15) is 0 Å². The molecule has 6 heteroatoms. The Hall–Kier alpha value is -0.810. The van der Waals surface area contributed by atoms with Crippen LogP contribution in [0, 0.1) is 0 Å². The van der Waals surface area contributed by atoms with E-state index < -0.39 is 6.10 Å². The predicted molar refractivity (Wildman–Crippen MR) is 75.6 cm³/mol. The molecule has 2 atom stereocenters. The number of carbonyl (C=O) groups is 1. The second-order valence-electron chi connectivity index (χ2n) is 4.60. The van der Waals surface area contributed by atoms with Crippen LogP contribution in [-0.2, 0) is 11.2 Å². The van der Waals surface area contributed by atoms with Crippen molar-refractivity contribution in [3.8, 4) is 0 Å². The van der Waals surface area contributed by atoms with Gasteiger partial charge in [0.2, 0.25) is 5.91 Å². The highest BCUT2D eigenvalue weighted by atomic mass is 35.5. The van der Waals surface area contributed by atoms with E-state index in [0.29, 0.717) is 36.0 Å². The largest absolute Gasteiger partial charge is 0.392 e. The van der Waals surface area contributed by atoms with Crippen molar-refractivity contribution < 1.29 is 9.90 Å². The van der Waals surface area contributed by atoms with E-state index in [1.807, 2.05) is 12.1 Å². The fourth-order valence-electron chi connectivity index (χ4n) is 2.10. The lowest BCUT2D eigenvalue weighted by atomic mass is 10.1. The van der Waals surface area contributed by atoms with Gasteiger partial charge in [-0.25, -0.2) is 0 Å². The quantitative estimate of drug-likeness (QED) is 0.787. The van der Waals surface area contributed by atoms with E-state index in [4.69, 9.17) is 23.2 Å². The number of β-amino-alcohol motifs (C(OH)–C–C–N with tert-alkyl or cyclic N) is 1. The third kappa shape index (κ3) is 3.83. The fraction of sp³-hybridized carbons (Fsp3) is 0.462. The molecule has 0 radical (unpaired) electrons. The fourth-order valence-corrected chi connectivity index (χ4v) is 2.52. The van der Waals surface area contributed by atoms with E-state index in [9.17, 15) is 9.90 Å². The second kappa shape index (κ2) is 6.57. The summed E-state index contributed by atoms with van der Waals surface area (Å²) in [7, 11) is 0. The van der Waals surface area contributed by atoms with Gasteiger partial charge >= 0.3 is 0 Å². The van der Waals surface area contributed by atoms with Crippen molar-refractivity contribution in [2.24, 2.45) is 0 Å². The number of benzene rings is 1. The Morgan fingerprint density at radius 2 is 2.26 bits per heavy atom. The summed E-state index contributed by atoms with van der Waals surface area (Å²) in [4.78, 5) is 11.8. The minimum absolute atomic E-state index is 0.0882. The normalized spacial score (nSPS) is 22.5.